The molecule has 0 N–H and O–H groups in total. The van der Waals surface area contributed by atoms with Gasteiger partial charge in [0, 0.05) is 35.4 Å². The van der Waals surface area contributed by atoms with Crippen LogP contribution in [-0.4, -0.2) is 35.0 Å². The molecule has 4 rings (SSSR count). The summed E-state index contributed by atoms with van der Waals surface area (Å²) in [6.45, 7) is 10.3. The van der Waals surface area contributed by atoms with Gasteiger partial charge >= 0.3 is 0 Å². The lowest BCUT2D eigenvalue weighted by Gasteiger charge is -2.20. The van der Waals surface area contributed by atoms with Gasteiger partial charge in [-0.2, -0.15) is 0 Å². The summed E-state index contributed by atoms with van der Waals surface area (Å²) in [7, 11) is -1.16. The molecule has 0 amide bonds. The lowest BCUT2D eigenvalue weighted by Crippen LogP contribution is -2.24. The maximum Gasteiger partial charge on any atom is 0.172 e. The predicted octanol–water partition coefficient (Wildman–Crippen LogP) is 6.78. The van der Waals surface area contributed by atoms with E-state index in [4.69, 9.17) is 14.7 Å². The minimum absolute atomic E-state index is 0.190. The zero-order valence-corrected chi connectivity index (χ0v) is 22.6. The number of hydrogen-bond donors (Lipinski definition) is 0. The highest BCUT2D eigenvalue weighted by atomic mass is 127. The Labute approximate surface area is 205 Å². The number of aromatic nitrogens is 3. The SMILES string of the molecule is CC1(C(=O)c2cn(COCC[Si](C)(C)C)c3ncc(-c4cccc(I)c4)nc23)CCCC1. The number of ether oxygens (including phenoxy) is 1. The smallest absolute Gasteiger partial charge is 0.172 e. The summed E-state index contributed by atoms with van der Waals surface area (Å²) in [6, 6.07) is 9.31. The van der Waals surface area contributed by atoms with E-state index in [9.17, 15) is 4.79 Å². The third-order valence-corrected chi connectivity index (χ3v) is 8.79. The van der Waals surface area contributed by atoms with Crippen molar-refractivity contribution < 1.29 is 9.53 Å². The molecule has 0 spiro atoms. The molecule has 0 radical (unpaired) electrons. The van der Waals surface area contributed by atoms with Crippen molar-refractivity contribution in [3.63, 3.8) is 0 Å². The topological polar surface area (TPSA) is 57.0 Å². The second-order valence-electron chi connectivity index (χ2n) is 10.4. The van der Waals surface area contributed by atoms with Crippen LogP contribution >= 0.6 is 22.6 Å². The van der Waals surface area contributed by atoms with E-state index in [0.717, 1.165) is 58.8 Å². The summed E-state index contributed by atoms with van der Waals surface area (Å²) in [5.41, 5.74) is 3.58. The van der Waals surface area contributed by atoms with Crippen LogP contribution in [-0.2, 0) is 11.5 Å². The standard InChI is InChI=1S/C25H32IN3O2Si/c1-25(10-5-6-11-25)23(30)20-16-29(17-31-12-13-32(2,3)4)24-22(20)28-21(15-27-24)18-8-7-9-19(26)14-18/h7-9,14-16H,5-6,10-13,17H2,1-4H3. The average Bonchev–Trinajstić information content (AvgIpc) is 3.34. The molecule has 170 valence electrons. The zero-order chi connectivity index (χ0) is 22.9. The van der Waals surface area contributed by atoms with E-state index in [1.165, 1.54) is 0 Å². The predicted molar refractivity (Wildman–Crippen MR) is 141 cm³/mol. The van der Waals surface area contributed by atoms with Crippen molar-refractivity contribution in [2.75, 3.05) is 6.61 Å². The van der Waals surface area contributed by atoms with Crippen LogP contribution in [0.3, 0.4) is 0 Å². The summed E-state index contributed by atoms with van der Waals surface area (Å²) in [6.07, 6.45) is 7.83. The van der Waals surface area contributed by atoms with Crippen LogP contribution in [0.2, 0.25) is 25.7 Å². The van der Waals surface area contributed by atoms with Gasteiger partial charge in [-0.05, 0) is 53.6 Å². The molecular formula is C25H32IN3O2Si. The molecule has 1 aliphatic rings. The molecule has 0 unspecified atom stereocenters. The quantitative estimate of drug-likeness (QED) is 0.132. The van der Waals surface area contributed by atoms with Crippen LogP contribution in [0, 0.1) is 8.99 Å². The van der Waals surface area contributed by atoms with E-state index < -0.39 is 8.07 Å². The number of carbonyl (C=O) groups is 1. The largest absolute Gasteiger partial charge is 0.361 e. The van der Waals surface area contributed by atoms with Gasteiger partial charge in [-0.15, -0.1) is 0 Å². The van der Waals surface area contributed by atoms with Gasteiger partial charge in [-0.25, -0.2) is 9.97 Å². The van der Waals surface area contributed by atoms with Crippen molar-refractivity contribution in [1.82, 2.24) is 14.5 Å². The lowest BCUT2D eigenvalue weighted by atomic mass is 9.81. The summed E-state index contributed by atoms with van der Waals surface area (Å²) in [5.74, 6) is 0.190. The summed E-state index contributed by atoms with van der Waals surface area (Å²) >= 11 is 2.30. The number of fused-ring (bicyclic) bond motifs is 1. The van der Waals surface area contributed by atoms with Crippen molar-refractivity contribution in [3.05, 3.63) is 45.8 Å². The number of nitrogens with zero attached hydrogens (tertiary/aromatic N) is 3. The Morgan fingerprint density at radius 1 is 1.25 bits per heavy atom. The van der Waals surface area contributed by atoms with Gasteiger partial charge in [0.05, 0.1) is 17.5 Å². The van der Waals surface area contributed by atoms with Gasteiger partial charge < -0.3 is 9.30 Å². The highest BCUT2D eigenvalue weighted by Crippen LogP contribution is 2.41. The second-order valence-corrected chi connectivity index (χ2v) is 17.3. The number of Topliss-reactive ketones (excluding diaryl/α,β-unsaturated/α-hetero) is 1. The fraction of sp³-hybridized carbons (Fsp3) is 0.480. The third kappa shape index (κ3) is 5.15. The highest BCUT2D eigenvalue weighted by Gasteiger charge is 2.38. The first-order valence-corrected chi connectivity index (χ1v) is 16.2. The molecule has 2 aromatic heterocycles. The van der Waals surface area contributed by atoms with E-state index in [1.807, 2.05) is 22.9 Å². The molecule has 32 heavy (non-hydrogen) atoms. The van der Waals surface area contributed by atoms with Gasteiger partial charge in [0.25, 0.3) is 0 Å². The normalized spacial score (nSPS) is 16.0. The van der Waals surface area contributed by atoms with Crippen molar-refractivity contribution in [2.24, 2.45) is 5.41 Å². The number of halogens is 1. The van der Waals surface area contributed by atoms with Gasteiger partial charge in [-0.1, -0.05) is 51.5 Å². The van der Waals surface area contributed by atoms with Crippen LogP contribution in [0.4, 0.5) is 0 Å². The van der Waals surface area contributed by atoms with Crippen molar-refractivity contribution >= 4 is 47.6 Å². The molecule has 3 aromatic rings. The van der Waals surface area contributed by atoms with Crippen molar-refractivity contribution in [3.8, 4) is 11.3 Å². The molecule has 1 saturated carbocycles. The van der Waals surface area contributed by atoms with Crippen LogP contribution in [0.15, 0.2) is 36.7 Å². The molecule has 1 fully saturated rings. The van der Waals surface area contributed by atoms with Gasteiger partial charge in [-0.3, -0.25) is 4.79 Å². The molecule has 1 aromatic carbocycles. The number of carbonyl (C=O) groups excluding carboxylic acids is 1. The first-order valence-electron chi connectivity index (χ1n) is 11.4. The lowest BCUT2D eigenvalue weighted by molar-refractivity contribution is 0.0818. The number of hydrogen-bond acceptors (Lipinski definition) is 4. The van der Waals surface area contributed by atoms with Gasteiger partial charge in [0.2, 0.25) is 0 Å². The molecule has 2 heterocycles. The molecule has 0 saturated heterocycles. The molecule has 0 atom stereocenters. The van der Waals surface area contributed by atoms with Crippen LogP contribution in [0.1, 0.15) is 43.0 Å². The van der Waals surface area contributed by atoms with Gasteiger partial charge in [0.15, 0.2) is 11.4 Å². The van der Waals surface area contributed by atoms with E-state index in [2.05, 4.69) is 61.3 Å². The average molecular weight is 562 g/mol. The minimum atomic E-state index is -1.16. The Hall–Kier alpha value is -1.58. The van der Waals surface area contributed by atoms with Crippen LogP contribution < -0.4 is 0 Å². The monoisotopic (exact) mass is 561 g/mol. The number of rotatable bonds is 8. The van der Waals surface area contributed by atoms with Crippen LogP contribution in [0.25, 0.3) is 22.4 Å². The first-order chi connectivity index (χ1) is 15.2. The van der Waals surface area contributed by atoms with E-state index >= 15 is 0 Å². The van der Waals surface area contributed by atoms with E-state index in [-0.39, 0.29) is 11.2 Å². The fourth-order valence-electron chi connectivity index (χ4n) is 4.35. The highest BCUT2D eigenvalue weighted by molar-refractivity contribution is 14.1. The maximum atomic E-state index is 13.6. The summed E-state index contributed by atoms with van der Waals surface area (Å²) in [5, 5.41) is 0. The van der Waals surface area contributed by atoms with Crippen molar-refractivity contribution in [2.45, 2.75) is 65.0 Å². The first kappa shape index (κ1) is 23.6. The van der Waals surface area contributed by atoms with E-state index in [1.54, 1.807) is 6.20 Å². The molecule has 0 bridgehead atoms. The fourth-order valence-corrected chi connectivity index (χ4v) is 5.65. The third-order valence-electron chi connectivity index (χ3n) is 6.41. The summed E-state index contributed by atoms with van der Waals surface area (Å²) in [4.78, 5) is 23.3. The Morgan fingerprint density at radius 2 is 2.00 bits per heavy atom. The van der Waals surface area contributed by atoms with E-state index in [0.29, 0.717) is 17.8 Å². The summed E-state index contributed by atoms with van der Waals surface area (Å²) < 4.78 is 9.09. The van der Waals surface area contributed by atoms with Crippen molar-refractivity contribution in [1.29, 1.82) is 0 Å². The Kier molecular flexibility index (Phi) is 6.88. The Balaban J connectivity index is 1.71. The molecule has 5 nitrogen and oxygen atoms in total. The molecular weight excluding hydrogens is 529 g/mol. The Morgan fingerprint density at radius 3 is 2.69 bits per heavy atom. The second kappa shape index (κ2) is 9.35. The zero-order valence-electron chi connectivity index (χ0n) is 19.4. The van der Waals surface area contributed by atoms with Crippen LogP contribution in [0.5, 0.6) is 0 Å². The molecule has 0 aliphatic heterocycles. The Bertz CT molecular complexity index is 1130. The molecule has 1 aliphatic carbocycles. The number of ketones is 1. The van der Waals surface area contributed by atoms with Gasteiger partial charge in [0.1, 0.15) is 12.2 Å². The minimum Gasteiger partial charge on any atom is -0.361 e. The maximum absolute atomic E-state index is 13.6. The number of benzene rings is 1. The molecule has 7 heteroatoms.